The summed E-state index contributed by atoms with van der Waals surface area (Å²) >= 11 is 1.44. The highest BCUT2D eigenvalue weighted by Gasteiger charge is 2.10. The Morgan fingerprint density at radius 3 is 2.39 bits per heavy atom. The van der Waals surface area contributed by atoms with E-state index in [-0.39, 0.29) is 5.91 Å². The molecule has 4 heteroatoms. The highest BCUT2D eigenvalue weighted by molar-refractivity contribution is 7.17. The molecule has 0 radical (unpaired) electrons. The molecule has 0 aliphatic heterocycles. The van der Waals surface area contributed by atoms with Crippen LogP contribution >= 0.6 is 11.3 Å². The molecular weight excluding hydrogens is 306 g/mol. The van der Waals surface area contributed by atoms with Crippen molar-refractivity contribution in [1.29, 1.82) is 0 Å². The van der Waals surface area contributed by atoms with E-state index >= 15 is 0 Å². The van der Waals surface area contributed by atoms with Gasteiger partial charge in [-0.3, -0.25) is 9.59 Å². The van der Waals surface area contributed by atoms with E-state index in [2.05, 4.69) is 5.32 Å². The van der Waals surface area contributed by atoms with Gasteiger partial charge in [0.15, 0.2) is 0 Å². The van der Waals surface area contributed by atoms with Gasteiger partial charge in [-0.1, -0.05) is 54.6 Å². The Morgan fingerprint density at radius 2 is 1.70 bits per heavy atom. The molecule has 1 N–H and O–H groups in total. The Kier molecular flexibility index (Phi) is 4.64. The van der Waals surface area contributed by atoms with Crippen LogP contribution in [0.2, 0.25) is 0 Å². The van der Waals surface area contributed by atoms with Gasteiger partial charge >= 0.3 is 0 Å². The van der Waals surface area contributed by atoms with Crippen LogP contribution in [-0.2, 0) is 6.54 Å². The first-order chi connectivity index (χ1) is 11.3. The van der Waals surface area contributed by atoms with Gasteiger partial charge in [0.1, 0.15) is 6.29 Å². The fraction of sp³-hybridized carbons (Fsp3) is 0.0526. The van der Waals surface area contributed by atoms with Crippen molar-refractivity contribution in [1.82, 2.24) is 5.32 Å². The van der Waals surface area contributed by atoms with Crippen molar-refractivity contribution in [2.24, 2.45) is 0 Å². The zero-order valence-electron chi connectivity index (χ0n) is 12.4. The van der Waals surface area contributed by atoms with Crippen molar-refractivity contribution >= 4 is 23.5 Å². The number of carbonyl (C=O) groups excluding carboxylic acids is 2. The molecule has 2 aromatic carbocycles. The first-order valence-electron chi connectivity index (χ1n) is 7.24. The SMILES string of the molecule is O=Cc1ccc(-c2ccc(C(=O)NCc3ccccc3)s2)cc1. The molecule has 114 valence electrons. The molecule has 3 rings (SSSR count). The van der Waals surface area contributed by atoms with Gasteiger partial charge < -0.3 is 5.32 Å². The van der Waals surface area contributed by atoms with Gasteiger partial charge in [0.2, 0.25) is 0 Å². The number of carbonyl (C=O) groups is 2. The third-order valence-electron chi connectivity index (χ3n) is 3.46. The van der Waals surface area contributed by atoms with Crippen LogP contribution in [-0.4, -0.2) is 12.2 Å². The van der Waals surface area contributed by atoms with E-state index in [9.17, 15) is 9.59 Å². The van der Waals surface area contributed by atoms with E-state index in [0.717, 1.165) is 22.3 Å². The number of hydrogen-bond donors (Lipinski definition) is 1. The average Bonchev–Trinajstić information content (AvgIpc) is 3.11. The van der Waals surface area contributed by atoms with Gasteiger partial charge in [-0.15, -0.1) is 11.3 Å². The number of benzene rings is 2. The van der Waals surface area contributed by atoms with Crippen LogP contribution in [0.5, 0.6) is 0 Å². The molecular formula is C19H15NO2S. The molecule has 1 heterocycles. The molecule has 0 fully saturated rings. The fourth-order valence-corrected chi connectivity index (χ4v) is 3.13. The molecule has 0 saturated carbocycles. The van der Waals surface area contributed by atoms with Crippen molar-refractivity contribution in [3.05, 3.63) is 82.7 Å². The summed E-state index contributed by atoms with van der Waals surface area (Å²) in [7, 11) is 0. The predicted molar refractivity (Wildman–Crippen MR) is 92.8 cm³/mol. The van der Waals surface area contributed by atoms with Crippen molar-refractivity contribution in [2.45, 2.75) is 6.54 Å². The third-order valence-corrected chi connectivity index (χ3v) is 4.59. The monoisotopic (exact) mass is 321 g/mol. The van der Waals surface area contributed by atoms with Crippen molar-refractivity contribution in [3.63, 3.8) is 0 Å². The summed E-state index contributed by atoms with van der Waals surface area (Å²) in [4.78, 5) is 24.6. The van der Waals surface area contributed by atoms with Crippen molar-refractivity contribution in [3.8, 4) is 10.4 Å². The first kappa shape index (κ1) is 15.2. The Labute approximate surface area is 138 Å². The molecule has 0 aliphatic carbocycles. The molecule has 0 unspecified atom stereocenters. The summed E-state index contributed by atoms with van der Waals surface area (Å²) in [5, 5.41) is 2.92. The Morgan fingerprint density at radius 1 is 0.957 bits per heavy atom. The number of hydrogen-bond acceptors (Lipinski definition) is 3. The van der Waals surface area contributed by atoms with Crippen LogP contribution in [0.1, 0.15) is 25.6 Å². The highest BCUT2D eigenvalue weighted by Crippen LogP contribution is 2.28. The van der Waals surface area contributed by atoms with Crippen LogP contribution in [0.3, 0.4) is 0 Å². The van der Waals surface area contributed by atoms with Crippen LogP contribution in [0.15, 0.2) is 66.7 Å². The van der Waals surface area contributed by atoms with Crippen LogP contribution in [0.4, 0.5) is 0 Å². The summed E-state index contributed by atoms with van der Waals surface area (Å²) in [6.45, 7) is 0.515. The van der Waals surface area contributed by atoms with Crippen LogP contribution < -0.4 is 5.32 Å². The van der Waals surface area contributed by atoms with Crippen molar-refractivity contribution in [2.75, 3.05) is 0 Å². The van der Waals surface area contributed by atoms with Gasteiger partial charge in [0.25, 0.3) is 5.91 Å². The molecule has 1 aromatic heterocycles. The molecule has 0 saturated heterocycles. The largest absolute Gasteiger partial charge is 0.347 e. The number of thiophene rings is 1. The van der Waals surface area contributed by atoms with E-state index in [1.165, 1.54) is 11.3 Å². The van der Waals surface area contributed by atoms with Gasteiger partial charge in [-0.25, -0.2) is 0 Å². The quantitative estimate of drug-likeness (QED) is 0.717. The summed E-state index contributed by atoms with van der Waals surface area (Å²) in [6.07, 6.45) is 0.820. The predicted octanol–water partition coefficient (Wildman–Crippen LogP) is 4.16. The molecule has 1 amide bonds. The molecule has 23 heavy (non-hydrogen) atoms. The second-order valence-corrected chi connectivity index (χ2v) is 6.16. The molecule has 0 spiro atoms. The Hall–Kier alpha value is -2.72. The lowest BCUT2D eigenvalue weighted by atomic mass is 10.1. The number of amides is 1. The maximum absolute atomic E-state index is 12.2. The Bertz CT molecular complexity index is 807. The second-order valence-electron chi connectivity index (χ2n) is 5.07. The minimum absolute atomic E-state index is 0.0744. The second kappa shape index (κ2) is 7.03. The maximum Gasteiger partial charge on any atom is 0.261 e. The standard InChI is InChI=1S/C19H15NO2S/c21-13-15-6-8-16(9-7-15)17-10-11-18(23-17)19(22)20-12-14-4-2-1-3-5-14/h1-11,13H,12H2,(H,20,22). The molecule has 3 nitrogen and oxygen atoms in total. The number of aldehydes is 1. The van der Waals surface area contributed by atoms with Gasteiger partial charge in [0, 0.05) is 17.0 Å². The lowest BCUT2D eigenvalue weighted by molar-refractivity contribution is 0.0954. The van der Waals surface area contributed by atoms with E-state index in [4.69, 9.17) is 0 Å². The van der Waals surface area contributed by atoms with E-state index < -0.39 is 0 Å². The van der Waals surface area contributed by atoms with Gasteiger partial charge in [-0.05, 0) is 23.3 Å². The summed E-state index contributed by atoms with van der Waals surface area (Å²) < 4.78 is 0. The summed E-state index contributed by atoms with van der Waals surface area (Å²) in [5.41, 5.74) is 2.72. The number of nitrogens with one attached hydrogen (secondary N) is 1. The average molecular weight is 321 g/mol. The molecule has 0 aliphatic rings. The van der Waals surface area contributed by atoms with Gasteiger partial charge in [0.05, 0.1) is 4.88 Å². The molecule has 0 atom stereocenters. The highest BCUT2D eigenvalue weighted by atomic mass is 32.1. The normalized spacial score (nSPS) is 10.3. The zero-order valence-corrected chi connectivity index (χ0v) is 13.2. The Balaban J connectivity index is 1.68. The van der Waals surface area contributed by atoms with Crippen molar-refractivity contribution < 1.29 is 9.59 Å². The van der Waals surface area contributed by atoms with Crippen LogP contribution in [0.25, 0.3) is 10.4 Å². The van der Waals surface area contributed by atoms with Gasteiger partial charge in [-0.2, -0.15) is 0 Å². The lowest BCUT2D eigenvalue weighted by Crippen LogP contribution is -2.21. The summed E-state index contributed by atoms with van der Waals surface area (Å²) in [6, 6.07) is 20.9. The van der Waals surface area contributed by atoms with Crippen LogP contribution in [0, 0.1) is 0 Å². The van der Waals surface area contributed by atoms with E-state index in [0.29, 0.717) is 17.0 Å². The lowest BCUT2D eigenvalue weighted by Gasteiger charge is -2.03. The smallest absolute Gasteiger partial charge is 0.261 e. The molecule has 3 aromatic rings. The van der Waals surface area contributed by atoms with E-state index in [1.807, 2.05) is 54.6 Å². The minimum Gasteiger partial charge on any atom is -0.347 e. The first-order valence-corrected chi connectivity index (χ1v) is 8.05. The maximum atomic E-state index is 12.2. The topological polar surface area (TPSA) is 46.2 Å². The summed E-state index contributed by atoms with van der Waals surface area (Å²) in [5.74, 6) is -0.0744. The molecule has 0 bridgehead atoms. The minimum atomic E-state index is -0.0744. The zero-order chi connectivity index (χ0) is 16.1. The third kappa shape index (κ3) is 3.73. The fourth-order valence-electron chi connectivity index (χ4n) is 2.21. The van der Waals surface area contributed by atoms with E-state index in [1.54, 1.807) is 12.1 Å². The number of rotatable bonds is 5.